The van der Waals surface area contributed by atoms with E-state index in [4.69, 9.17) is 9.47 Å². The predicted molar refractivity (Wildman–Crippen MR) is 124 cm³/mol. The zero-order valence-electron chi connectivity index (χ0n) is 19.6. The number of nitrogens with zero attached hydrogens (tertiary/aromatic N) is 1. The average Bonchev–Trinajstić information content (AvgIpc) is 2.83. The molecule has 1 saturated heterocycles. The van der Waals surface area contributed by atoms with Gasteiger partial charge in [-0.1, -0.05) is 19.3 Å². The lowest BCUT2D eigenvalue weighted by molar-refractivity contribution is -0.159. The van der Waals surface area contributed by atoms with Crippen LogP contribution in [0.2, 0.25) is 0 Å². The Hall–Kier alpha value is -2.13. The first-order valence-corrected chi connectivity index (χ1v) is 13.5. The van der Waals surface area contributed by atoms with Crippen LogP contribution in [0.4, 0.5) is 0 Å². The molecule has 3 rings (SSSR count). The van der Waals surface area contributed by atoms with Gasteiger partial charge in [0.05, 0.1) is 17.4 Å². The molecule has 1 atom stereocenters. The lowest BCUT2D eigenvalue weighted by atomic mass is 9.89. The van der Waals surface area contributed by atoms with Crippen LogP contribution in [0.1, 0.15) is 58.8 Å². The van der Waals surface area contributed by atoms with E-state index in [0.717, 1.165) is 12.8 Å². The lowest BCUT2D eigenvalue weighted by Gasteiger charge is -2.30. The van der Waals surface area contributed by atoms with Gasteiger partial charge < -0.3 is 14.8 Å². The Kier molecular flexibility index (Phi) is 9.14. The highest BCUT2D eigenvalue weighted by molar-refractivity contribution is 7.89. The molecule has 1 aromatic carbocycles. The van der Waals surface area contributed by atoms with E-state index in [9.17, 15) is 18.0 Å². The standard InChI is InChI=1S/C24H36N2O6S/c1-3-31-21-9-11-22(12-10-21)33(29,30)26-15-13-20(14-16-26)24(28)32-18(2)23(27)25-17-19-7-5-4-6-8-19/h9-12,18-20H,3-8,13-17H2,1-2H3,(H,25,27). The normalized spacial score (nSPS) is 19.6. The van der Waals surface area contributed by atoms with E-state index >= 15 is 0 Å². The first-order chi connectivity index (χ1) is 15.8. The molecule has 0 aromatic heterocycles. The maximum absolute atomic E-state index is 12.9. The third kappa shape index (κ3) is 6.93. The summed E-state index contributed by atoms with van der Waals surface area (Å²) in [7, 11) is -3.64. The fraction of sp³-hybridized carbons (Fsp3) is 0.667. The number of esters is 1. The van der Waals surface area contributed by atoms with Crippen molar-refractivity contribution in [2.75, 3.05) is 26.2 Å². The average molecular weight is 481 g/mol. The molecule has 2 aliphatic rings. The first-order valence-electron chi connectivity index (χ1n) is 12.0. The van der Waals surface area contributed by atoms with Crippen molar-refractivity contribution in [3.05, 3.63) is 24.3 Å². The molecule has 184 valence electrons. The summed E-state index contributed by atoms with van der Waals surface area (Å²) in [6, 6.07) is 6.35. The van der Waals surface area contributed by atoms with Gasteiger partial charge in [0, 0.05) is 19.6 Å². The van der Waals surface area contributed by atoms with Crippen molar-refractivity contribution in [1.29, 1.82) is 0 Å². The lowest BCUT2D eigenvalue weighted by Crippen LogP contribution is -2.43. The number of hydrogen-bond acceptors (Lipinski definition) is 6. The topological polar surface area (TPSA) is 102 Å². The highest BCUT2D eigenvalue weighted by Gasteiger charge is 2.34. The van der Waals surface area contributed by atoms with Gasteiger partial charge in [-0.3, -0.25) is 9.59 Å². The van der Waals surface area contributed by atoms with Crippen LogP contribution in [0.25, 0.3) is 0 Å². The predicted octanol–water partition coefficient (Wildman–Crippen LogP) is 3.11. The number of carbonyl (C=O) groups excluding carboxylic acids is 2. The summed E-state index contributed by atoms with van der Waals surface area (Å²) in [6.07, 6.45) is 5.82. The zero-order valence-corrected chi connectivity index (χ0v) is 20.4. The molecule has 1 unspecified atom stereocenters. The maximum atomic E-state index is 12.9. The van der Waals surface area contributed by atoms with Crippen molar-refractivity contribution in [3.8, 4) is 5.75 Å². The summed E-state index contributed by atoms with van der Waals surface area (Å²) in [5.41, 5.74) is 0. The van der Waals surface area contributed by atoms with Crippen molar-refractivity contribution >= 4 is 21.9 Å². The Balaban J connectivity index is 1.45. The van der Waals surface area contributed by atoms with E-state index in [2.05, 4.69) is 5.32 Å². The van der Waals surface area contributed by atoms with Gasteiger partial charge in [0.1, 0.15) is 5.75 Å². The van der Waals surface area contributed by atoms with Crippen LogP contribution in [0.3, 0.4) is 0 Å². The number of hydrogen-bond donors (Lipinski definition) is 1. The smallest absolute Gasteiger partial charge is 0.309 e. The second-order valence-electron chi connectivity index (χ2n) is 8.91. The van der Waals surface area contributed by atoms with Crippen molar-refractivity contribution in [2.45, 2.75) is 69.8 Å². The molecular formula is C24H36N2O6S. The highest BCUT2D eigenvalue weighted by Crippen LogP contribution is 2.26. The Morgan fingerprint density at radius 2 is 1.70 bits per heavy atom. The van der Waals surface area contributed by atoms with Gasteiger partial charge in [0.2, 0.25) is 10.0 Å². The van der Waals surface area contributed by atoms with E-state index in [1.54, 1.807) is 19.1 Å². The number of nitrogens with one attached hydrogen (secondary N) is 1. The number of sulfonamides is 1. The monoisotopic (exact) mass is 480 g/mol. The fourth-order valence-electron chi connectivity index (χ4n) is 4.46. The van der Waals surface area contributed by atoms with Crippen LogP contribution >= 0.6 is 0 Å². The van der Waals surface area contributed by atoms with Gasteiger partial charge in [-0.15, -0.1) is 0 Å². The van der Waals surface area contributed by atoms with Crippen molar-refractivity contribution in [1.82, 2.24) is 9.62 Å². The Bertz CT molecular complexity index is 888. The van der Waals surface area contributed by atoms with E-state index in [1.807, 2.05) is 6.92 Å². The second kappa shape index (κ2) is 11.8. The molecule has 1 amide bonds. The van der Waals surface area contributed by atoms with Crippen LogP contribution in [0, 0.1) is 11.8 Å². The van der Waals surface area contributed by atoms with E-state index < -0.39 is 28.0 Å². The molecule has 8 nitrogen and oxygen atoms in total. The van der Waals surface area contributed by atoms with Crippen molar-refractivity contribution < 1.29 is 27.5 Å². The third-order valence-corrected chi connectivity index (χ3v) is 8.42. The SMILES string of the molecule is CCOc1ccc(S(=O)(=O)N2CCC(C(=O)OC(C)C(=O)NCC3CCCCC3)CC2)cc1. The van der Waals surface area contributed by atoms with E-state index in [1.165, 1.54) is 35.7 Å². The molecule has 0 spiro atoms. The van der Waals surface area contributed by atoms with Gasteiger partial charge in [-0.2, -0.15) is 4.31 Å². The van der Waals surface area contributed by atoms with Crippen LogP contribution in [-0.2, 0) is 24.3 Å². The minimum atomic E-state index is -3.64. The summed E-state index contributed by atoms with van der Waals surface area (Å²) in [5, 5.41) is 2.90. The van der Waals surface area contributed by atoms with Gasteiger partial charge in [0.25, 0.3) is 5.91 Å². The van der Waals surface area contributed by atoms with Gasteiger partial charge in [-0.25, -0.2) is 8.42 Å². The van der Waals surface area contributed by atoms with Gasteiger partial charge >= 0.3 is 5.97 Å². The molecule has 1 aromatic rings. The molecule has 1 aliphatic carbocycles. The zero-order chi connectivity index (χ0) is 23.8. The first kappa shape index (κ1) is 25.5. The van der Waals surface area contributed by atoms with Gasteiger partial charge in [-0.05, 0) is 69.7 Å². The Labute approximate surface area is 197 Å². The number of carbonyl (C=O) groups is 2. The molecule has 1 N–H and O–H groups in total. The molecular weight excluding hydrogens is 444 g/mol. The molecule has 0 radical (unpaired) electrons. The minimum Gasteiger partial charge on any atom is -0.494 e. The number of rotatable bonds is 9. The summed E-state index contributed by atoms with van der Waals surface area (Å²) in [5.74, 6) is 0.00490. The van der Waals surface area contributed by atoms with E-state index in [-0.39, 0.29) is 23.9 Å². The quantitative estimate of drug-likeness (QED) is 0.545. The van der Waals surface area contributed by atoms with Crippen LogP contribution < -0.4 is 10.1 Å². The summed E-state index contributed by atoms with van der Waals surface area (Å²) < 4.78 is 38.0. The second-order valence-corrected chi connectivity index (χ2v) is 10.8. The molecule has 2 fully saturated rings. The van der Waals surface area contributed by atoms with Crippen LogP contribution in [0.5, 0.6) is 5.75 Å². The Morgan fingerprint density at radius 1 is 1.06 bits per heavy atom. The van der Waals surface area contributed by atoms with Crippen LogP contribution in [0.15, 0.2) is 29.2 Å². The molecule has 1 heterocycles. The summed E-state index contributed by atoms with van der Waals surface area (Å²) in [4.78, 5) is 25.1. The number of ether oxygens (including phenoxy) is 2. The Morgan fingerprint density at radius 3 is 2.30 bits per heavy atom. The number of piperidine rings is 1. The van der Waals surface area contributed by atoms with Gasteiger partial charge in [0.15, 0.2) is 6.10 Å². The maximum Gasteiger partial charge on any atom is 0.309 e. The minimum absolute atomic E-state index is 0.204. The summed E-state index contributed by atoms with van der Waals surface area (Å²) >= 11 is 0. The molecule has 1 saturated carbocycles. The van der Waals surface area contributed by atoms with E-state index in [0.29, 0.717) is 37.7 Å². The molecule has 9 heteroatoms. The highest BCUT2D eigenvalue weighted by atomic mass is 32.2. The number of benzene rings is 1. The van der Waals surface area contributed by atoms with Crippen LogP contribution in [-0.4, -0.2) is 56.9 Å². The summed E-state index contributed by atoms with van der Waals surface area (Å²) in [6.45, 7) is 5.05. The molecule has 0 bridgehead atoms. The number of amides is 1. The largest absolute Gasteiger partial charge is 0.494 e. The van der Waals surface area contributed by atoms with Crippen molar-refractivity contribution in [2.24, 2.45) is 11.8 Å². The fourth-order valence-corrected chi connectivity index (χ4v) is 5.93. The third-order valence-electron chi connectivity index (χ3n) is 6.51. The molecule has 1 aliphatic heterocycles. The van der Waals surface area contributed by atoms with Crippen molar-refractivity contribution in [3.63, 3.8) is 0 Å². The molecule has 33 heavy (non-hydrogen) atoms.